The summed E-state index contributed by atoms with van der Waals surface area (Å²) in [6.07, 6.45) is 3.87. The van der Waals surface area contributed by atoms with E-state index in [2.05, 4.69) is 56.6 Å². The second-order valence-electron chi connectivity index (χ2n) is 4.87. The largest absolute Gasteiger partial charge is 0.302 e. The van der Waals surface area contributed by atoms with Gasteiger partial charge in [0, 0.05) is 17.6 Å². The number of nitrogens with zero attached hydrogens (tertiary/aromatic N) is 2. The van der Waals surface area contributed by atoms with Gasteiger partial charge in [-0.2, -0.15) is 0 Å². The molecule has 0 aliphatic rings. The molecule has 4 heteroatoms. The molecule has 0 aliphatic carbocycles. The number of aryl methyl sites for hydroxylation is 3. The van der Waals surface area contributed by atoms with Crippen LogP contribution in [0.25, 0.3) is 5.52 Å². The van der Waals surface area contributed by atoms with Crippen molar-refractivity contribution in [3.63, 3.8) is 0 Å². The van der Waals surface area contributed by atoms with Gasteiger partial charge in [0.1, 0.15) is 10.4 Å². The van der Waals surface area contributed by atoms with E-state index in [1.165, 1.54) is 5.56 Å². The second-order valence-corrected chi connectivity index (χ2v) is 6.03. The predicted molar refractivity (Wildman–Crippen MR) is 86.5 cm³/mol. The first-order valence-corrected chi connectivity index (χ1v) is 7.69. The van der Waals surface area contributed by atoms with Gasteiger partial charge in [-0.3, -0.25) is 0 Å². The van der Waals surface area contributed by atoms with Gasteiger partial charge in [-0.15, -0.1) is 0 Å². The maximum Gasteiger partial charge on any atom is 0.132 e. The first-order valence-electron chi connectivity index (χ1n) is 6.51. The van der Waals surface area contributed by atoms with E-state index < -0.39 is 0 Å². The van der Waals surface area contributed by atoms with E-state index in [1.807, 2.05) is 18.2 Å². The number of hydrogen-bond acceptors (Lipinski definition) is 1. The average molecular weight is 350 g/mol. The van der Waals surface area contributed by atoms with Crippen molar-refractivity contribution in [2.75, 3.05) is 0 Å². The van der Waals surface area contributed by atoms with Crippen LogP contribution >= 0.6 is 27.5 Å². The minimum absolute atomic E-state index is 0.823. The summed E-state index contributed by atoms with van der Waals surface area (Å²) < 4.78 is 3.04. The van der Waals surface area contributed by atoms with Crippen molar-refractivity contribution in [1.82, 2.24) is 9.38 Å². The minimum atomic E-state index is 0.823. The molecular weight excluding hydrogens is 336 g/mol. The van der Waals surface area contributed by atoms with Crippen LogP contribution in [0, 0.1) is 6.92 Å². The van der Waals surface area contributed by atoms with E-state index >= 15 is 0 Å². The first kappa shape index (κ1) is 13.7. The SMILES string of the molecule is Cc1ccc2c(Br)nc(CCc3ccccc3Cl)n2c1. The van der Waals surface area contributed by atoms with E-state index in [0.29, 0.717) is 0 Å². The number of rotatable bonds is 3. The van der Waals surface area contributed by atoms with Crippen LogP contribution in [-0.2, 0) is 12.8 Å². The molecule has 0 bridgehead atoms. The van der Waals surface area contributed by atoms with Crippen molar-refractivity contribution < 1.29 is 0 Å². The Morgan fingerprint density at radius 3 is 2.75 bits per heavy atom. The number of benzene rings is 1. The van der Waals surface area contributed by atoms with Crippen LogP contribution < -0.4 is 0 Å². The molecule has 2 heterocycles. The molecule has 0 atom stereocenters. The molecular formula is C16H14BrClN2. The van der Waals surface area contributed by atoms with Crippen LogP contribution in [0.2, 0.25) is 5.02 Å². The van der Waals surface area contributed by atoms with Crippen molar-refractivity contribution in [3.8, 4) is 0 Å². The number of hydrogen-bond donors (Lipinski definition) is 0. The third kappa shape index (κ3) is 2.60. The van der Waals surface area contributed by atoms with Crippen molar-refractivity contribution in [2.45, 2.75) is 19.8 Å². The third-order valence-corrected chi connectivity index (χ3v) is 4.34. The minimum Gasteiger partial charge on any atom is -0.302 e. The fraction of sp³-hybridized carbons (Fsp3) is 0.188. The molecule has 20 heavy (non-hydrogen) atoms. The van der Waals surface area contributed by atoms with Gasteiger partial charge in [-0.1, -0.05) is 35.9 Å². The Hall–Kier alpha value is -1.32. The van der Waals surface area contributed by atoms with Gasteiger partial charge in [0.15, 0.2) is 0 Å². The van der Waals surface area contributed by atoms with Gasteiger partial charge in [0.25, 0.3) is 0 Å². The Kier molecular flexibility index (Phi) is 3.81. The Morgan fingerprint density at radius 1 is 1.15 bits per heavy atom. The molecule has 2 nitrogen and oxygen atoms in total. The zero-order chi connectivity index (χ0) is 14.1. The Balaban J connectivity index is 1.92. The monoisotopic (exact) mass is 348 g/mol. The maximum atomic E-state index is 6.20. The van der Waals surface area contributed by atoms with Gasteiger partial charge in [-0.05, 0) is 52.5 Å². The topological polar surface area (TPSA) is 17.3 Å². The fourth-order valence-electron chi connectivity index (χ4n) is 2.34. The van der Waals surface area contributed by atoms with Crippen LogP contribution in [0.5, 0.6) is 0 Å². The normalized spacial score (nSPS) is 11.2. The molecule has 0 N–H and O–H groups in total. The van der Waals surface area contributed by atoms with Crippen molar-refractivity contribution in [1.29, 1.82) is 0 Å². The quantitative estimate of drug-likeness (QED) is 0.661. The summed E-state index contributed by atoms with van der Waals surface area (Å²) in [6, 6.07) is 12.2. The van der Waals surface area contributed by atoms with Crippen LogP contribution in [0.1, 0.15) is 17.0 Å². The summed E-state index contributed by atoms with van der Waals surface area (Å²) in [5, 5.41) is 0.823. The lowest BCUT2D eigenvalue weighted by Gasteiger charge is -2.04. The molecule has 0 saturated heterocycles. The van der Waals surface area contributed by atoms with Gasteiger partial charge in [-0.25, -0.2) is 4.98 Å². The fourth-order valence-corrected chi connectivity index (χ4v) is 3.10. The van der Waals surface area contributed by atoms with Crippen molar-refractivity contribution in [3.05, 3.63) is 69.2 Å². The Labute approximate surface area is 131 Å². The summed E-state index contributed by atoms with van der Waals surface area (Å²) in [7, 11) is 0. The Bertz CT molecular complexity index is 764. The summed E-state index contributed by atoms with van der Waals surface area (Å²) in [5.74, 6) is 1.05. The van der Waals surface area contributed by atoms with Crippen molar-refractivity contribution in [2.24, 2.45) is 0 Å². The molecule has 3 aromatic rings. The number of imidazole rings is 1. The van der Waals surface area contributed by atoms with Crippen LogP contribution in [0.4, 0.5) is 0 Å². The molecule has 3 rings (SSSR count). The molecule has 0 saturated carbocycles. The van der Waals surface area contributed by atoms with Gasteiger partial charge in [0.2, 0.25) is 0 Å². The molecule has 0 unspecified atom stereocenters. The van der Waals surface area contributed by atoms with E-state index in [0.717, 1.165) is 39.4 Å². The standard InChI is InChI=1S/C16H14BrClN2/c1-11-6-8-14-16(17)19-15(20(14)10-11)9-7-12-4-2-3-5-13(12)18/h2-6,8,10H,7,9H2,1H3. The number of fused-ring (bicyclic) bond motifs is 1. The van der Waals surface area contributed by atoms with Crippen LogP contribution in [-0.4, -0.2) is 9.38 Å². The lowest BCUT2D eigenvalue weighted by atomic mass is 10.1. The van der Waals surface area contributed by atoms with Crippen LogP contribution in [0.15, 0.2) is 47.2 Å². The highest BCUT2D eigenvalue weighted by atomic mass is 79.9. The highest BCUT2D eigenvalue weighted by molar-refractivity contribution is 9.10. The molecule has 0 radical (unpaired) electrons. The molecule has 0 spiro atoms. The predicted octanol–water partition coefficient (Wildman–Crippen LogP) is 4.84. The summed E-state index contributed by atoms with van der Waals surface area (Å²) in [6.45, 7) is 2.09. The lowest BCUT2D eigenvalue weighted by molar-refractivity contribution is 0.850. The second kappa shape index (κ2) is 5.58. The summed E-state index contributed by atoms with van der Waals surface area (Å²) >= 11 is 9.73. The molecule has 2 aromatic heterocycles. The summed E-state index contributed by atoms with van der Waals surface area (Å²) in [5.41, 5.74) is 3.49. The average Bonchev–Trinajstić information content (AvgIpc) is 2.74. The first-order chi connectivity index (χ1) is 9.65. The van der Waals surface area contributed by atoms with Gasteiger partial charge >= 0.3 is 0 Å². The van der Waals surface area contributed by atoms with Gasteiger partial charge in [0.05, 0.1) is 5.52 Å². The van der Waals surface area contributed by atoms with E-state index in [9.17, 15) is 0 Å². The Morgan fingerprint density at radius 2 is 1.95 bits per heavy atom. The van der Waals surface area contributed by atoms with Crippen LogP contribution in [0.3, 0.4) is 0 Å². The summed E-state index contributed by atoms with van der Waals surface area (Å²) in [4.78, 5) is 4.61. The highest BCUT2D eigenvalue weighted by Gasteiger charge is 2.09. The smallest absolute Gasteiger partial charge is 0.132 e. The zero-order valence-electron chi connectivity index (χ0n) is 11.1. The number of halogens is 2. The zero-order valence-corrected chi connectivity index (χ0v) is 13.4. The molecule has 0 aliphatic heterocycles. The van der Waals surface area contributed by atoms with Gasteiger partial charge < -0.3 is 4.40 Å². The number of pyridine rings is 1. The van der Waals surface area contributed by atoms with E-state index in [1.54, 1.807) is 0 Å². The molecule has 102 valence electrons. The lowest BCUT2D eigenvalue weighted by Crippen LogP contribution is -1.99. The van der Waals surface area contributed by atoms with E-state index in [4.69, 9.17) is 11.6 Å². The van der Waals surface area contributed by atoms with Crippen molar-refractivity contribution >= 4 is 33.0 Å². The van der Waals surface area contributed by atoms with E-state index in [-0.39, 0.29) is 0 Å². The molecule has 0 fully saturated rings. The molecule has 0 amide bonds. The third-order valence-electron chi connectivity index (χ3n) is 3.39. The highest BCUT2D eigenvalue weighted by Crippen LogP contribution is 2.22. The maximum absolute atomic E-state index is 6.20. The number of aromatic nitrogens is 2. The molecule has 1 aromatic carbocycles.